The molecule has 116 valence electrons. The van der Waals surface area contributed by atoms with E-state index < -0.39 is 0 Å². The molecule has 0 bridgehead atoms. The summed E-state index contributed by atoms with van der Waals surface area (Å²) >= 11 is 1.61. The summed E-state index contributed by atoms with van der Waals surface area (Å²) < 4.78 is 1.89. The van der Waals surface area contributed by atoms with Gasteiger partial charge in [0.05, 0.1) is 24.4 Å². The molecule has 0 saturated heterocycles. The molecule has 1 aliphatic carbocycles. The van der Waals surface area contributed by atoms with Crippen LogP contribution in [0, 0.1) is 11.3 Å². The Kier molecular flexibility index (Phi) is 4.83. The Morgan fingerprint density at radius 3 is 3.05 bits per heavy atom. The van der Waals surface area contributed by atoms with Crippen molar-refractivity contribution in [2.75, 3.05) is 0 Å². The van der Waals surface area contributed by atoms with Gasteiger partial charge in [0.25, 0.3) is 0 Å². The summed E-state index contributed by atoms with van der Waals surface area (Å²) in [6.07, 6.45) is 6.41. The number of nitriles is 1. The smallest absolute Gasteiger partial charge is 0.108 e. The first kappa shape index (κ1) is 15.2. The lowest BCUT2D eigenvalue weighted by atomic mass is 9.90. The Morgan fingerprint density at radius 2 is 2.32 bits per heavy atom. The maximum absolute atomic E-state index is 9.14. The van der Waals surface area contributed by atoms with Crippen LogP contribution in [-0.2, 0) is 13.2 Å². The maximum atomic E-state index is 9.14. The fraction of sp³-hybridized carbons (Fsp3) is 0.533. The summed E-state index contributed by atoms with van der Waals surface area (Å²) in [5.74, 6) is 0. The molecule has 1 aliphatic rings. The van der Waals surface area contributed by atoms with Gasteiger partial charge in [0.1, 0.15) is 11.8 Å². The molecule has 7 heteroatoms. The zero-order chi connectivity index (χ0) is 15.4. The number of thiophene rings is 1. The number of aliphatic hydroxyl groups is 1. The van der Waals surface area contributed by atoms with Gasteiger partial charge in [0.2, 0.25) is 0 Å². The van der Waals surface area contributed by atoms with Crippen LogP contribution in [0.3, 0.4) is 0 Å². The standard InChI is InChI=1S/C15H19N5OS/c16-6-11-5-13(22-10-11)7-17-14-3-1-2-4-15(14)20-8-12(9-21)18-19-20/h5,8,10,14-15,17,21H,1-4,7,9H2/t14-,15+/m0/s1. The molecule has 22 heavy (non-hydrogen) atoms. The van der Waals surface area contributed by atoms with Crippen LogP contribution in [0.1, 0.15) is 47.9 Å². The van der Waals surface area contributed by atoms with Crippen LogP contribution in [0.5, 0.6) is 0 Å². The minimum atomic E-state index is -0.0725. The highest BCUT2D eigenvalue weighted by Gasteiger charge is 2.27. The lowest BCUT2D eigenvalue weighted by Crippen LogP contribution is -2.39. The third-order valence-corrected chi connectivity index (χ3v) is 5.05. The summed E-state index contributed by atoms with van der Waals surface area (Å²) in [6.45, 7) is 0.700. The maximum Gasteiger partial charge on any atom is 0.108 e. The zero-order valence-electron chi connectivity index (χ0n) is 12.3. The Balaban J connectivity index is 1.66. The number of nitrogens with zero attached hydrogens (tertiary/aromatic N) is 4. The minimum Gasteiger partial charge on any atom is -0.390 e. The summed E-state index contributed by atoms with van der Waals surface area (Å²) in [6, 6.07) is 4.72. The molecule has 0 amide bonds. The predicted octanol–water partition coefficient (Wildman–Crippen LogP) is 1.98. The van der Waals surface area contributed by atoms with Crippen molar-refractivity contribution in [2.24, 2.45) is 0 Å². The van der Waals surface area contributed by atoms with Crippen LogP contribution >= 0.6 is 11.3 Å². The van der Waals surface area contributed by atoms with Gasteiger partial charge in [0.15, 0.2) is 0 Å². The molecule has 2 N–H and O–H groups in total. The van der Waals surface area contributed by atoms with Crippen molar-refractivity contribution in [2.45, 2.75) is 50.9 Å². The first-order valence-electron chi connectivity index (χ1n) is 7.52. The Hall–Kier alpha value is -1.75. The SMILES string of the molecule is N#Cc1csc(CN[C@H]2CCCC[C@H]2n2cc(CO)nn2)c1. The largest absolute Gasteiger partial charge is 0.390 e. The van der Waals surface area contributed by atoms with E-state index in [-0.39, 0.29) is 12.6 Å². The monoisotopic (exact) mass is 317 g/mol. The van der Waals surface area contributed by atoms with Crippen LogP contribution in [0.15, 0.2) is 17.6 Å². The number of hydrogen-bond acceptors (Lipinski definition) is 6. The van der Waals surface area contributed by atoms with Crippen molar-refractivity contribution in [3.8, 4) is 6.07 Å². The van der Waals surface area contributed by atoms with Crippen molar-refractivity contribution in [3.05, 3.63) is 33.8 Å². The number of nitrogens with one attached hydrogen (secondary N) is 1. The number of aromatic nitrogens is 3. The van der Waals surface area contributed by atoms with E-state index in [0.29, 0.717) is 11.7 Å². The lowest BCUT2D eigenvalue weighted by Gasteiger charge is -2.32. The van der Waals surface area contributed by atoms with E-state index in [0.717, 1.165) is 24.9 Å². The molecular weight excluding hydrogens is 298 g/mol. The van der Waals surface area contributed by atoms with Gasteiger partial charge in [-0.2, -0.15) is 5.26 Å². The highest BCUT2D eigenvalue weighted by molar-refractivity contribution is 7.10. The highest BCUT2D eigenvalue weighted by Crippen LogP contribution is 2.28. The lowest BCUT2D eigenvalue weighted by molar-refractivity contribution is 0.243. The zero-order valence-corrected chi connectivity index (χ0v) is 13.1. The Labute approximate surface area is 133 Å². The van der Waals surface area contributed by atoms with Crippen molar-refractivity contribution in [3.63, 3.8) is 0 Å². The van der Waals surface area contributed by atoms with E-state index in [1.54, 1.807) is 11.3 Å². The summed E-state index contributed by atoms with van der Waals surface area (Å²) in [5.41, 5.74) is 1.34. The van der Waals surface area contributed by atoms with Crippen molar-refractivity contribution >= 4 is 11.3 Å². The average Bonchev–Trinajstić information content (AvgIpc) is 3.22. The first-order valence-corrected chi connectivity index (χ1v) is 8.40. The van der Waals surface area contributed by atoms with Gasteiger partial charge in [-0.3, -0.25) is 0 Å². The second kappa shape index (κ2) is 7.01. The third-order valence-electron chi connectivity index (χ3n) is 4.11. The highest BCUT2D eigenvalue weighted by atomic mass is 32.1. The van der Waals surface area contributed by atoms with E-state index in [4.69, 9.17) is 10.4 Å². The first-order chi connectivity index (χ1) is 10.8. The van der Waals surface area contributed by atoms with Gasteiger partial charge >= 0.3 is 0 Å². The van der Waals surface area contributed by atoms with Crippen molar-refractivity contribution < 1.29 is 5.11 Å². The van der Waals surface area contributed by atoms with E-state index in [2.05, 4.69) is 21.7 Å². The van der Waals surface area contributed by atoms with Gasteiger partial charge in [-0.15, -0.1) is 16.4 Å². The molecule has 2 aromatic heterocycles. The van der Waals surface area contributed by atoms with Crippen LogP contribution in [0.25, 0.3) is 0 Å². The summed E-state index contributed by atoms with van der Waals surface area (Å²) in [5, 5.41) is 31.6. The fourth-order valence-corrected chi connectivity index (χ4v) is 3.74. The van der Waals surface area contributed by atoms with E-state index in [1.807, 2.05) is 22.3 Å². The van der Waals surface area contributed by atoms with E-state index >= 15 is 0 Å². The van der Waals surface area contributed by atoms with Gasteiger partial charge in [-0.1, -0.05) is 18.1 Å². The Bertz CT molecular complexity index is 659. The van der Waals surface area contributed by atoms with Gasteiger partial charge < -0.3 is 10.4 Å². The van der Waals surface area contributed by atoms with Crippen LogP contribution in [0.2, 0.25) is 0 Å². The molecular formula is C15H19N5OS. The van der Waals surface area contributed by atoms with Gasteiger partial charge in [0, 0.05) is 22.8 Å². The van der Waals surface area contributed by atoms with Crippen LogP contribution in [-0.4, -0.2) is 26.1 Å². The quantitative estimate of drug-likeness (QED) is 0.880. The molecule has 0 spiro atoms. The van der Waals surface area contributed by atoms with E-state index in [1.165, 1.54) is 17.7 Å². The molecule has 6 nitrogen and oxygen atoms in total. The Morgan fingerprint density at radius 1 is 1.45 bits per heavy atom. The van der Waals surface area contributed by atoms with Crippen LogP contribution < -0.4 is 5.32 Å². The van der Waals surface area contributed by atoms with Gasteiger partial charge in [-0.05, 0) is 18.9 Å². The van der Waals surface area contributed by atoms with Crippen molar-refractivity contribution in [1.82, 2.24) is 20.3 Å². The molecule has 0 radical (unpaired) electrons. The van der Waals surface area contributed by atoms with Crippen LogP contribution in [0.4, 0.5) is 0 Å². The summed E-state index contributed by atoms with van der Waals surface area (Å²) in [7, 11) is 0. The molecule has 2 aromatic rings. The molecule has 3 rings (SSSR count). The fourth-order valence-electron chi connectivity index (χ4n) is 2.98. The summed E-state index contributed by atoms with van der Waals surface area (Å²) in [4.78, 5) is 1.18. The molecule has 1 fully saturated rings. The average molecular weight is 317 g/mol. The molecule has 0 unspecified atom stereocenters. The molecule has 1 saturated carbocycles. The molecule has 0 aliphatic heterocycles. The topological polar surface area (TPSA) is 86.8 Å². The normalized spacial score (nSPS) is 21.6. The number of rotatable bonds is 5. The second-order valence-electron chi connectivity index (χ2n) is 5.60. The minimum absolute atomic E-state index is 0.0725. The second-order valence-corrected chi connectivity index (χ2v) is 6.60. The number of aliphatic hydroxyl groups excluding tert-OH is 1. The number of hydrogen-bond donors (Lipinski definition) is 2. The van der Waals surface area contributed by atoms with E-state index in [9.17, 15) is 0 Å². The molecule has 2 heterocycles. The van der Waals surface area contributed by atoms with Gasteiger partial charge in [-0.25, -0.2) is 4.68 Å². The van der Waals surface area contributed by atoms with Crippen molar-refractivity contribution in [1.29, 1.82) is 5.26 Å². The predicted molar refractivity (Wildman–Crippen MR) is 83.1 cm³/mol. The molecule has 2 atom stereocenters. The third kappa shape index (κ3) is 3.35. The molecule has 0 aromatic carbocycles.